The highest BCUT2D eigenvalue weighted by molar-refractivity contribution is 7.89. The van der Waals surface area contributed by atoms with Crippen molar-refractivity contribution in [1.82, 2.24) is 8.61 Å². The Bertz CT molecular complexity index is 1440. The fourth-order valence-corrected chi connectivity index (χ4v) is 7.94. The summed E-state index contributed by atoms with van der Waals surface area (Å²) in [5.74, 6) is -0.422. The molecule has 0 unspecified atom stereocenters. The molecule has 3 aromatic rings. The van der Waals surface area contributed by atoms with Gasteiger partial charge >= 0.3 is 0 Å². The van der Waals surface area contributed by atoms with Gasteiger partial charge in [0.15, 0.2) is 0 Å². The Morgan fingerprint density at radius 2 is 1.31 bits per heavy atom. The van der Waals surface area contributed by atoms with Crippen molar-refractivity contribution in [1.29, 1.82) is 0 Å². The average Bonchev–Trinajstić information content (AvgIpc) is 2.96. The predicted molar refractivity (Wildman–Crippen MR) is 152 cm³/mol. The van der Waals surface area contributed by atoms with Crippen molar-refractivity contribution >= 4 is 31.6 Å². The van der Waals surface area contributed by atoms with Gasteiger partial charge in [0.05, 0.1) is 16.3 Å². The van der Waals surface area contributed by atoms with E-state index in [1.165, 1.54) is 32.9 Å². The molecule has 10 heteroatoms. The molecule has 0 aromatic heterocycles. The Balaban J connectivity index is 1.57. The summed E-state index contributed by atoms with van der Waals surface area (Å²) < 4.78 is 56.9. The molecule has 1 aliphatic carbocycles. The number of rotatable bonds is 11. The van der Waals surface area contributed by atoms with E-state index in [2.05, 4.69) is 5.32 Å². The first-order valence-corrected chi connectivity index (χ1v) is 16.1. The first kappa shape index (κ1) is 28.9. The number of hydrogen-bond acceptors (Lipinski definition) is 5. The smallest absolute Gasteiger partial charge is 0.243 e. The molecule has 0 atom stereocenters. The van der Waals surface area contributed by atoms with Crippen LogP contribution in [-0.2, 0) is 31.4 Å². The highest BCUT2D eigenvalue weighted by atomic mass is 32.2. The Morgan fingerprint density at radius 1 is 0.769 bits per heavy atom. The van der Waals surface area contributed by atoms with Gasteiger partial charge < -0.3 is 5.32 Å². The van der Waals surface area contributed by atoms with Crippen molar-refractivity contribution in [2.24, 2.45) is 0 Å². The third-order valence-corrected chi connectivity index (χ3v) is 10.8. The van der Waals surface area contributed by atoms with Crippen LogP contribution in [0.5, 0.6) is 0 Å². The molecule has 1 N–H and O–H groups in total. The van der Waals surface area contributed by atoms with Crippen LogP contribution in [0.25, 0.3) is 0 Å². The lowest BCUT2D eigenvalue weighted by molar-refractivity contribution is -0.116. The van der Waals surface area contributed by atoms with Gasteiger partial charge in [-0.25, -0.2) is 16.8 Å². The second-order valence-electron chi connectivity index (χ2n) is 9.64. The minimum atomic E-state index is -4.06. The van der Waals surface area contributed by atoms with E-state index in [0.29, 0.717) is 18.5 Å². The molecule has 1 fully saturated rings. The molecule has 39 heavy (non-hydrogen) atoms. The van der Waals surface area contributed by atoms with Gasteiger partial charge in [0.25, 0.3) is 0 Å². The van der Waals surface area contributed by atoms with E-state index in [4.69, 9.17) is 0 Å². The van der Waals surface area contributed by atoms with Crippen LogP contribution in [0, 0.1) is 0 Å². The van der Waals surface area contributed by atoms with Crippen molar-refractivity contribution in [2.75, 3.05) is 18.4 Å². The summed E-state index contributed by atoms with van der Waals surface area (Å²) in [6, 6.07) is 23.2. The minimum Gasteiger partial charge on any atom is -0.325 e. The first-order valence-electron chi connectivity index (χ1n) is 13.2. The summed E-state index contributed by atoms with van der Waals surface area (Å²) in [5.41, 5.74) is 1.45. The normalized spacial score (nSPS) is 14.9. The molecule has 0 saturated heterocycles. The number of carbonyl (C=O) groups is 1. The molecule has 3 aromatic carbocycles. The number of anilines is 1. The topological polar surface area (TPSA) is 104 Å². The van der Waals surface area contributed by atoms with E-state index in [0.717, 1.165) is 24.8 Å². The van der Waals surface area contributed by atoms with Gasteiger partial charge in [0.1, 0.15) is 0 Å². The Hall–Kier alpha value is -3.05. The number of sulfonamides is 2. The summed E-state index contributed by atoms with van der Waals surface area (Å²) in [6.07, 6.45) is 4.17. The van der Waals surface area contributed by atoms with Crippen LogP contribution in [0.15, 0.2) is 94.7 Å². The summed E-state index contributed by atoms with van der Waals surface area (Å²) in [5, 5.41) is 2.77. The fraction of sp³-hybridized carbons (Fsp3) is 0.345. The Labute approximate surface area is 231 Å². The third-order valence-electron chi connectivity index (χ3n) is 6.96. The molecule has 1 aliphatic rings. The Morgan fingerprint density at radius 3 is 1.87 bits per heavy atom. The second-order valence-corrected chi connectivity index (χ2v) is 13.5. The molecule has 4 rings (SSSR count). The van der Waals surface area contributed by atoms with E-state index >= 15 is 0 Å². The third kappa shape index (κ3) is 7.13. The van der Waals surface area contributed by atoms with Crippen LogP contribution >= 0.6 is 0 Å². The monoisotopic (exact) mass is 569 g/mol. The van der Waals surface area contributed by atoms with Gasteiger partial charge in [-0.15, -0.1) is 0 Å². The average molecular weight is 570 g/mol. The zero-order valence-electron chi connectivity index (χ0n) is 22.1. The molecule has 0 spiro atoms. The number of hydrogen-bond donors (Lipinski definition) is 1. The Kier molecular flexibility index (Phi) is 9.55. The van der Waals surface area contributed by atoms with Gasteiger partial charge in [-0.2, -0.15) is 8.61 Å². The fourth-order valence-electron chi connectivity index (χ4n) is 4.86. The lowest BCUT2D eigenvalue weighted by Gasteiger charge is -2.33. The molecule has 0 bridgehead atoms. The number of carbonyl (C=O) groups excluding carboxylic acids is 1. The first-order chi connectivity index (χ1) is 18.7. The number of para-hydroxylation sites is 1. The molecule has 0 radical (unpaired) electrons. The lowest BCUT2D eigenvalue weighted by atomic mass is 9.95. The zero-order chi connectivity index (χ0) is 27.9. The van der Waals surface area contributed by atoms with Crippen LogP contribution in [-0.4, -0.2) is 50.5 Å². The van der Waals surface area contributed by atoms with Crippen molar-refractivity contribution in [3.63, 3.8) is 0 Å². The molecule has 1 amide bonds. The molecule has 0 heterocycles. The van der Waals surface area contributed by atoms with Crippen LogP contribution < -0.4 is 5.32 Å². The largest absolute Gasteiger partial charge is 0.325 e. The van der Waals surface area contributed by atoms with Gasteiger partial charge in [0, 0.05) is 24.8 Å². The minimum absolute atomic E-state index is 0.0188. The van der Waals surface area contributed by atoms with Crippen LogP contribution in [0.3, 0.4) is 0 Å². The quantitative estimate of drug-likeness (QED) is 0.355. The van der Waals surface area contributed by atoms with Gasteiger partial charge in [0.2, 0.25) is 26.0 Å². The predicted octanol–water partition coefficient (Wildman–Crippen LogP) is 4.86. The van der Waals surface area contributed by atoms with E-state index in [1.54, 1.807) is 31.2 Å². The van der Waals surface area contributed by atoms with E-state index in [9.17, 15) is 21.6 Å². The van der Waals surface area contributed by atoms with E-state index < -0.39 is 26.0 Å². The molecule has 8 nitrogen and oxygen atoms in total. The molecular formula is C29H35N3O5S2. The van der Waals surface area contributed by atoms with Crippen LogP contribution in [0.2, 0.25) is 0 Å². The van der Waals surface area contributed by atoms with Crippen molar-refractivity contribution in [2.45, 2.75) is 61.4 Å². The van der Waals surface area contributed by atoms with E-state index in [-0.39, 0.29) is 35.5 Å². The number of benzene rings is 3. The molecule has 1 saturated carbocycles. The van der Waals surface area contributed by atoms with Gasteiger partial charge in [-0.1, -0.05) is 74.7 Å². The van der Waals surface area contributed by atoms with Crippen molar-refractivity contribution in [3.8, 4) is 0 Å². The van der Waals surface area contributed by atoms with Crippen molar-refractivity contribution < 1.29 is 21.6 Å². The van der Waals surface area contributed by atoms with E-state index in [1.807, 2.05) is 36.4 Å². The summed E-state index contributed by atoms with van der Waals surface area (Å²) in [6.45, 7) is 1.93. The molecule has 208 valence electrons. The van der Waals surface area contributed by atoms with Crippen molar-refractivity contribution in [3.05, 3.63) is 90.5 Å². The second kappa shape index (κ2) is 12.9. The summed E-state index contributed by atoms with van der Waals surface area (Å²) in [7, 11) is -7.91. The van der Waals surface area contributed by atoms with Crippen LogP contribution in [0.1, 0.15) is 44.6 Å². The maximum atomic E-state index is 13.8. The number of nitrogens with one attached hydrogen (secondary N) is 1. The highest BCUT2D eigenvalue weighted by Gasteiger charge is 2.34. The zero-order valence-corrected chi connectivity index (χ0v) is 23.7. The standard InChI is InChI=1S/C29H35N3O5S2/c1-2-31(22-24-12-6-3-7-13-24)38(34,35)27-18-20-28(21-19-27)39(36,37)32(26-16-10-5-11-17-26)23-29(33)30-25-14-8-4-9-15-25/h3-4,6-9,12-15,18-21,26H,2,5,10-11,16-17,22-23H2,1H3,(H,30,33). The summed E-state index contributed by atoms with van der Waals surface area (Å²) >= 11 is 0. The lowest BCUT2D eigenvalue weighted by Crippen LogP contribution is -2.45. The van der Waals surface area contributed by atoms with Crippen LogP contribution in [0.4, 0.5) is 5.69 Å². The van der Waals surface area contributed by atoms with Gasteiger partial charge in [-0.05, 0) is 54.8 Å². The van der Waals surface area contributed by atoms with Gasteiger partial charge in [-0.3, -0.25) is 4.79 Å². The number of nitrogens with zero attached hydrogens (tertiary/aromatic N) is 2. The molecular weight excluding hydrogens is 534 g/mol. The highest BCUT2D eigenvalue weighted by Crippen LogP contribution is 2.29. The SMILES string of the molecule is CCN(Cc1ccccc1)S(=O)(=O)c1ccc(S(=O)(=O)N(CC(=O)Nc2ccccc2)C2CCCCC2)cc1. The maximum Gasteiger partial charge on any atom is 0.243 e. The molecule has 0 aliphatic heterocycles. The summed E-state index contributed by atoms with van der Waals surface area (Å²) in [4.78, 5) is 12.9. The number of amides is 1. The maximum absolute atomic E-state index is 13.8.